The van der Waals surface area contributed by atoms with Gasteiger partial charge in [0.2, 0.25) is 0 Å². The summed E-state index contributed by atoms with van der Waals surface area (Å²) in [5.41, 5.74) is 1.82. The molecular formula is C18H14BCl3O4. The maximum absolute atomic E-state index is 11.5. The van der Waals surface area contributed by atoms with E-state index in [1.54, 1.807) is 24.3 Å². The molecule has 1 heterocycles. The fourth-order valence-corrected chi connectivity index (χ4v) is 3.52. The molecule has 0 aliphatic carbocycles. The molecule has 0 aromatic heterocycles. The molecule has 2 radical (unpaired) electrons. The summed E-state index contributed by atoms with van der Waals surface area (Å²) in [6.07, 6.45) is 0.194. The molecule has 0 spiro atoms. The lowest BCUT2D eigenvalue weighted by atomic mass is 9.88. The van der Waals surface area contributed by atoms with Gasteiger partial charge in [-0.25, -0.2) is 0 Å². The Kier molecular flexibility index (Phi) is 5.91. The zero-order valence-corrected chi connectivity index (χ0v) is 16.1. The van der Waals surface area contributed by atoms with E-state index in [0.29, 0.717) is 38.6 Å². The van der Waals surface area contributed by atoms with Crippen molar-refractivity contribution in [1.82, 2.24) is 0 Å². The van der Waals surface area contributed by atoms with Gasteiger partial charge in [-0.15, -0.1) is 0 Å². The molecule has 8 heteroatoms. The first-order valence-electron chi connectivity index (χ1n) is 7.79. The Morgan fingerprint density at radius 2 is 2.04 bits per heavy atom. The van der Waals surface area contributed by atoms with E-state index in [1.165, 1.54) is 7.11 Å². The van der Waals surface area contributed by atoms with Gasteiger partial charge in [-0.05, 0) is 23.7 Å². The van der Waals surface area contributed by atoms with Crippen LogP contribution in [0.15, 0.2) is 24.3 Å². The molecule has 1 aliphatic rings. The average Bonchev–Trinajstić information content (AvgIpc) is 2.99. The first-order chi connectivity index (χ1) is 12.4. The van der Waals surface area contributed by atoms with Crippen LogP contribution in [-0.2, 0) is 16.1 Å². The maximum Gasteiger partial charge on any atom is 0.306 e. The van der Waals surface area contributed by atoms with Gasteiger partial charge in [-0.2, -0.15) is 0 Å². The molecule has 26 heavy (non-hydrogen) atoms. The molecule has 134 valence electrons. The zero-order valence-electron chi connectivity index (χ0n) is 13.9. The second kappa shape index (κ2) is 7.99. The van der Waals surface area contributed by atoms with Crippen molar-refractivity contribution in [2.45, 2.75) is 18.9 Å². The lowest BCUT2D eigenvalue weighted by Gasteiger charge is -2.16. The summed E-state index contributed by atoms with van der Waals surface area (Å²) in [5, 5.41) is 1.37. The fraction of sp³-hybridized carbons (Fsp3) is 0.278. The predicted molar refractivity (Wildman–Crippen MR) is 103 cm³/mol. The number of rotatable bonds is 5. The summed E-state index contributed by atoms with van der Waals surface area (Å²) in [4.78, 5) is 11.5. The van der Waals surface area contributed by atoms with Gasteiger partial charge in [0.25, 0.3) is 0 Å². The molecule has 0 saturated carbocycles. The number of carbonyl (C=O) groups excluding carboxylic acids is 1. The van der Waals surface area contributed by atoms with Crippen molar-refractivity contribution in [3.63, 3.8) is 0 Å². The quantitative estimate of drug-likeness (QED) is 0.550. The van der Waals surface area contributed by atoms with Crippen LogP contribution in [0.4, 0.5) is 0 Å². The van der Waals surface area contributed by atoms with E-state index in [0.717, 1.165) is 11.1 Å². The Bertz CT molecular complexity index is 857. The normalized spacial score (nSPS) is 15.3. The summed E-state index contributed by atoms with van der Waals surface area (Å²) < 4.78 is 16.2. The number of hydrogen-bond donors (Lipinski definition) is 0. The van der Waals surface area contributed by atoms with Crippen LogP contribution in [0.1, 0.15) is 23.5 Å². The molecule has 1 aliphatic heterocycles. The van der Waals surface area contributed by atoms with Crippen molar-refractivity contribution < 1.29 is 19.0 Å². The van der Waals surface area contributed by atoms with Gasteiger partial charge in [0.1, 0.15) is 26.0 Å². The molecule has 2 aromatic rings. The Balaban J connectivity index is 1.83. The second-order valence-electron chi connectivity index (χ2n) is 5.83. The van der Waals surface area contributed by atoms with E-state index in [1.807, 2.05) is 0 Å². The number of carbonyl (C=O) groups is 1. The molecule has 0 saturated heterocycles. The summed E-state index contributed by atoms with van der Waals surface area (Å²) in [6.45, 7) is 0.502. The number of methoxy groups -OCH3 is 1. The van der Waals surface area contributed by atoms with Gasteiger partial charge < -0.3 is 14.2 Å². The monoisotopic (exact) mass is 410 g/mol. The molecule has 2 aromatic carbocycles. The minimum Gasteiger partial charge on any atom is -0.493 e. The number of benzene rings is 2. The Morgan fingerprint density at radius 3 is 2.73 bits per heavy atom. The molecule has 3 rings (SSSR count). The lowest BCUT2D eigenvalue weighted by Crippen LogP contribution is -2.13. The molecule has 0 unspecified atom stereocenters. The number of halogens is 3. The van der Waals surface area contributed by atoms with Crippen LogP contribution in [0.5, 0.6) is 11.5 Å². The van der Waals surface area contributed by atoms with Crippen LogP contribution in [0, 0.1) is 0 Å². The Labute approximate surface area is 167 Å². The highest BCUT2D eigenvalue weighted by atomic mass is 35.5. The van der Waals surface area contributed by atoms with Crippen LogP contribution in [-0.4, -0.2) is 27.5 Å². The average molecular weight is 411 g/mol. The van der Waals surface area contributed by atoms with Gasteiger partial charge in [-0.3, -0.25) is 4.79 Å². The highest BCUT2D eigenvalue weighted by Crippen LogP contribution is 2.40. The molecule has 0 amide bonds. The second-order valence-corrected chi connectivity index (χ2v) is 7.08. The molecule has 1 atom stereocenters. The minimum atomic E-state index is -0.321. The number of ether oxygens (including phenoxy) is 3. The summed E-state index contributed by atoms with van der Waals surface area (Å²) >= 11 is 18.4. The third-order valence-corrected chi connectivity index (χ3v) is 5.01. The van der Waals surface area contributed by atoms with Crippen molar-refractivity contribution >= 4 is 54.1 Å². The van der Waals surface area contributed by atoms with Crippen LogP contribution in [0.3, 0.4) is 0 Å². The van der Waals surface area contributed by atoms with Crippen LogP contribution in [0.2, 0.25) is 15.1 Å². The van der Waals surface area contributed by atoms with E-state index in [4.69, 9.17) is 56.9 Å². The van der Waals surface area contributed by atoms with Gasteiger partial charge in [-0.1, -0.05) is 40.9 Å². The largest absolute Gasteiger partial charge is 0.493 e. The summed E-state index contributed by atoms with van der Waals surface area (Å²) in [5.74, 6) is 0.325. The summed E-state index contributed by atoms with van der Waals surface area (Å²) in [7, 11) is 7.53. The molecule has 0 fully saturated rings. The summed E-state index contributed by atoms with van der Waals surface area (Å²) in [6, 6.07) is 6.84. The molecule has 4 nitrogen and oxygen atoms in total. The molecular weight excluding hydrogens is 397 g/mol. The Hall–Kier alpha value is -1.56. The smallest absolute Gasteiger partial charge is 0.306 e. The van der Waals surface area contributed by atoms with Crippen molar-refractivity contribution in [2.24, 2.45) is 0 Å². The standard InChI is InChI=1S/C18H14BCl3O4/c1-24-15(23)4-10-8-25-17-12(10)6-14(22)18(16(17)19)26-7-9-2-3-11(20)5-13(9)21/h2-3,5-6,10H,4,7-8H2,1H3/t10-/m1/s1. The van der Waals surface area contributed by atoms with Gasteiger partial charge in [0, 0.05) is 27.1 Å². The highest BCUT2D eigenvalue weighted by molar-refractivity contribution is 6.41. The number of fused-ring (bicyclic) bond motifs is 1. The van der Waals surface area contributed by atoms with Gasteiger partial charge in [0.15, 0.2) is 0 Å². The highest BCUT2D eigenvalue weighted by Gasteiger charge is 2.30. The van der Waals surface area contributed by atoms with Gasteiger partial charge >= 0.3 is 5.97 Å². The van der Waals surface area contributed by atoms with E-state index in [-0.39, 0.29) is 24.9 Å². The van der Waals surface area contributed by atoms with E-state index in [9.17, 15) is 4.79 Å². The van der Waals surface area contributed by atoms with Crippen molar-refractivity contribution in [3.8, 4) is 11.5 Å². The molecule has 0 bridgehead atoms. The van der Waals surface area contributed by atoms with E-state index in [2.05, 4.69) is 0 Å². The number of esters is 1. The van der Waals surface area contributed by atoms with Crippen LogP contribution in [0.25, 0.3) is 0 Å². The number of hydrogen-bond acceptors (Lipinski definition) is 4. The first kappa shape index (κ1) is 19.2. The SMILES string of the molecule is [B]c1c(OCc2ccc(Cl)cc2Cl)c(Cl)cc2c1OC[C@H]2CC(=O)OC. The lowest BCUT2D eigenvalue weighted by molar-refractivity contribution is -0.141. The van der Waals surface area contributed by atoms with E-state index >= 15 is 0 Å². The van der Waals surface area contributed by atoms with Crippen LogP contribution >= 0.6 is 34.8 Å². The van der Waals surface area contributed by atoms with Gasteiger partial charge in [0.05, 0.1) is 25.2 Å². The van der Waals surface area contributed by atoms with Crippen LogP contribution < -0.4 is 14.9 Å². The maximum atomic E-state index is 11.5. The van der Waals surface area contributed by atoms with Crippen molar-refractivity contribution in [2.75, 3.05) is 13.7 Å². The van der Waals surface area contributed by atoms with Crippen molar-refractivity contribution in [1.29, 1.82) is 0 Å². The fourth-order valence-electron chi connectivity index (χ4n) is 2.78. The Morgan fingerprint density at radius 1 is 1.27 bits per heavy atom. The molecule has 0 N–H and O–H groups in total. The third-order valence-electron chi connectivity index (χ3n) is 4.15. The minimum absolute atomic E-state index is 0.156. The van der Waals surface area contributed by atoms with Crippen molar-refractivity contribution in [3.05, 3.63) is 50.5 Å². The third kappa shape index (κ3) is 3.90. The van der Waals surface area contributed by atoms with E-state index < -0.39 is 0 Å². The topological polar surface area (TPSA) is 44.8 Å². The first-order valence-corrected chi connectivity index (χ1v) is 8.92. The predicted octanol–water partition coefficient (Wildman–Crippen LogP) is 4.06. The zero-order chi connectivity index (χ0) is 18.8.